The topological polar surface area (TPSA) is 58.6 Å². The number of hydrogen-bond acceptors (Lipinski definition) is 3. The summed E-state index contributed by atoms with van der Waals surface area (Å²) in [6.07, 6.45) is 4.11. The predicted molar refractivity (Wildman–Crippen MR) is 57.9 cm³/mol. The zero-order valence-corrected chi connectivity index (χ0v) is 9.58. The van der Waals surface area contributed by atoms with Crippen molar-refractivity contribution in [2.45, 2.75) is 51.2 Å². The highest BCUT2D eigenvalue weighted by Gasteiger charge is 2.31. The summed E-state index contributed by atoms with van der Waals surface area (Å²) in [5.74, 6) is -0.791. The highest BCUT2D eigenvalue weighted by molar-refractivity contribution is 5.78. The second-order valence-electron chi connectivity index (χ2n) is 4.36. The van der Waals surface area contributed by atoms with Crippen molar-refractivity contribution >= 4 is 5.97 Å². The van der Waals surface area contributed by atoms with E-state index < -0.39 is 11.5 Å². The van der Waals surface area contributed by atoms with E-state index in [1.807, 2.05) is 6.92 Å². The zero-order chi connectivity index (χ0) is 11.3. The summed E-state index contributed by atoms with van der Waals surface area (Å²) in [6, 6.07) is 0. The molecular formula is C11H21NO3. The first-order chi connectivity index (χ1) is 7.08. The van der Waals surface area contributed by atoms with Gasteiger partial charge in [0, 0.05) is 13.2 Å². The van der Waals surface area contributed by atoms with Crippen LogP contribution >= 0.6 is 0 Å². The Morgan fingerprint density at radius 1 is 1.60 bits per heavy atom. The van der Waals surface area contributed by atoms with Gasteiger partial charge in [0.2, 0.25) is 0 Å². The Morgan fingerprint density at radius 3 is 2.80 bits per heavy atom. The van der Waals surface area contributed by atoms with E-state index in [1.165, 1.54) is 6.42 Å². The lowest BCUT2D eigenvalue weighted by Crippen LogP contribution is -2.52. The average Bonchev–Trinajstić information content (AvgIpc) is 2.27. The van der Waals surface area contributed by atoms with Crippen LogP contribution in [0.25, 0.3) is 0 Å². The highest BCUT2D eigenvalue weighted by atomic mass is 16.5. The smallest absolute Gasteiger partial charge is 0.323 e. The molecule has 0 aromatic heterocycles. The Labute approximate surface area is 91.0 Å². The van der Waals surface area contributed by atoms with Gasteiger partial charge < -0.3 is 9.84 Å². The van der Waals surface area contributed by atoms with Gasteiger partial charge in [0.15, 0.2) is 0 Å². The predicted octanol–water partition coefficient (Wildman–Crippen LogP) is 1.40. The van der Waals surface area contributed by atoms with Crippen LogP contribution < -0.4 is 5.32 Å². The molecule has 0 amide bonds. The third-order valence-corrected chi connectivity index (χ3v) is 3.17. The molecule has 1 aliphatic rings. The van der Waals surface area contributed by atoms with Crippen LogP contribution in [0, 0.1) is 0 Å². The molecule has 0 spiro atoms. The first kappa shape index (κ1) is 12.5. The molecule has 1 saturated heterocycles. The maximum atomic E-state index is 11.0. The van der Waals surface area contributed by atoms with E-state index in [9.17, 15) is 4.79 Å². The monoisotopic (exact) mass is 215 g/mol. The first-order valence-electron chi connectivity index (χ1n) is 5.68. The number of carboxylic acids is 1. The Morgan fingerprint density at radius 2 is 2.33 bits per heavy atom. The van der Waals surface area contributed by atoms with Crippen molar-refractivity contribution in [1.29, 1.82) is 0 Å². The van der Waals surface area contributed by atoms with E-state index >= 15 is 0 Å². The van der Waals surface area contributed by atoms with Crippen molar-refractivity contribution in [1.82, 2.24) is 5.32 Å². The average molecular weight is 215 g/mol. The molecule has 2 atom stereocenters. The SMILES string of the molecule is CCC(C)(NCC1CCCCO1)C(=O)O. The lowest BCUT2D eigenvalue weighted by molar-refractivity contribution is -0.144. The molecule has 0 bridgehead atoms. The summed E-state index contributed by atoms with van der Waals surface area (Å²) >= 11 is 0. The number of hydrogen-bond donors (Lipinski definition) is 2. The van der Waals surface area contributed by atoms with Gasteiger partial charge in [0.1, 0.15) is 5.54 Å². The number of nitrogens with one attached hydrogen (secondary N) is 1. The van der Waals surface area contributed by atoms with Crippen molar-refractivity contribution in [2.75, 3.05) is 13.2 Å². The van der Waals surface area contributed by atoms with Crippen molar-refractivity contribution in [3.8, 4) is 0 Å². The molecule has 0 aromatic rings. The molecule has 2 unspecified atom stereocenters. The van der Waals surface area contributed by atoms with Crippen LogP contribution in [0.4, 0.5) is 0 Å². The molecular weight excluding hydrogens is 194 g/mol. The molecule has 0 saturated carbocycles. The maximum Gasteiger partial charge on any atom is 0.323 e. The summed E-state index contributed by atoms with van der Waals surface area (Å²) in [5, 5.41) is 12.1. The third kappa shape index (κ3) is 3.47. The summed E-state index contributed by atoms with van der Waals surface area (Å²) in [7, 11) is 0. The summed E-state index contributed by atoms with van der Waals surface area (Å²) < 4.78 is 5.54. The Hall–Kier alpha value is -0.610. The normalized spacial score (nSPS) is 25.9. The Bertz CT molecular complexity index is 214. The largest absolute Gasteiger partial charge is 0.480 e. The Balaban J connectivity index is 2.36. The van der Waals surface area contributed by atoms with Gasteiger partial charge in [0.25, 0.3) is 0 Å². The molecule has 1 rings (SSSR count). The fourth-order valence-corrected chi connectivity index (χ4v) is 1.66. The van der Waals surface area contributed by atoms with Gasteiger partial charge >= 0.3 is 5.97 Å². The second-order valence-corrected chi connectivity index (χ2v) is 4.36. The van der Waals surface area contributed by atoms with Crippen LogP contribution in [0.15, 0.2) is 0 Å². The second kappa shape index (κ2) is 5.47. The summed E-state index contributed by atoms with van der Waals surface area (Å²) in [6.45, 7) is 5.04. The van der Waals surface area contributed by atoms with Gasteiger partial charge in [0.05, 0.1) is 6.10 Å². The van der Waals surface area contributed by atoms with Crippen LogP contribution in [0.5, 0.6) is 0 Å². The van der Waals surface area contributed by atoms with Gasteiger partial charge in [-0.1, -0.05) is 6.92 Å². The van der Waals surface area contributed by atoms with E-state index in [1.54, 1.807) is 6.92 Å². The lowest BCUT2D eigenvalue weighted by Gasteiger charge is -2.29. The van der Waals surface area contributed by atoms with E-state index in [4.69, 9.17) is 9.84 Å². The molecule has 0 aromatic carbocycles. The quantitative estimate of drug-likeness (QED) is 0.727. The molecule has 4 heteroatoms. The molecule has 4 nitrogen and oxygen atoms in total. The number of rotatable bonds is 5. The molecule has 15 heavy (non-hydrogen) atoms. The summed E-state index contributed by atoms with van der Waals surface area (Å²) in [5.41, 5.74) is -0.819. The molecule has 1 fully saturated rings. The first-order valence-corrected chi connectivity index (χ1v) is 5.68. The van der Waals surface area contributed by atoms with Crippen LogP contribution in [0.1, 0.15) is 39.5 Å². The molecule has 2 N–H and O–H groups in total. The standard InChI is InChI=1S/C11H21NO3/c1-3-11(2,10(13)14)12-8-9-6-4-5-7-15-9/h9,12H,3-8H2,1-2H3,(H,13,14). The molecule has 1 aliphatic heterocycles. The van der Waals surface area contributed by atoms with Crippen molar-refractivity contribution in [3.05, 3.63) is 0 Å². The van der Waals surface area contributed by atoms with Crippen molar-refractivity contribution < 1.29 is 14.6 Å². The zero-order valence-electron chi connectivity index (χ0n) is 9.58. The van der Waals surface area contributed by atoms with Gasteiger partial charge in [-0.3, -0.25) is 10.1 Å². The number of aliphatic carboxylic acids is 1. The van der Waals surface area contributed by atoms with Gasteiger partial charge in [-0.2, -0.15) is 0 Å². The van der Waals surface area contributed by atoms with Crippen LogP contribution in [-0.2, 0) is 9.53 Å². The van der Waals surface area contributed by atoms with Gasteiger partial charge in [-0.15, -0.1) is 0 Å². The lowest BCUT2D eigenvalue weighted by atomic mass is 9.98. The van der Waals surface area contributed by atoms with Gasteiger partial charge in [-0.25, -0.2) is 0 Å². The number of ether oxygens (including phenoxy) is 1. The molecule has 0 aliphatic carbocycles. The van der Waals surface area contributed by atoms with E-state index in [2.05, 4.69) is 5.32 Å². The van der Waals surface area contributed by atoms with E-state index in [0.717, 1.165) is 19.4 Å². The number of carboxylic acid groups (broad SMARTS) is 1. The van der Waals surface area contributed by atoms with Crippen molar-refractivity contribution in [2.24, 2.45) is 0 Å². The van der Waals surface area contributed by atoms with E-state index in [0.29, 0.717) is 13.0 Å². The minimum atomic E-state index is -0.819. The maximum absolute atomic E-state index is 11.0. The fraction of sp³-hybridized carbons (Fsp3) is 0.909. The van der Waals surface area contributed by atoms with Crippen molar-refractivity contribution in [3.63, 3.8) is 0 Å². The number of carbonyl (C=O) groups is 1. The molecule has 88 valence electrons. The summed E-state index contributed by atoms with van der Waals surface area (Å²) in [4.78, 5) is 11.0. The molecule has 0 radical (unpaired) electrons. The minimum Gasteiger partial charge on any atom is -0.480 e. The highest BCUT2D eigenvalue weighted by Crippen LogP contribution is 2.14. The van der Waals surface area contributed by atoms with E-state index in [-0.39, 0.29) is 6.10 Å². The van der Waals surface area contributed by atoms with Gasteiger partial charge in [-0.05, 0) is 32.6 Å². The third-order valence-electron chi connectivity index (χ3n) is 3.17. The minimum absolute atomic E-state index is 0.184. The Kier molecular flexibility index (Phi) is 4.54. The van der Waals surface area contributed by atoms with Crippen LogP contribution in [0.2, 0.25) is 0 Å². The molecule has 1 heterocycles. The van der Waals surface area contributed by atoms with Crippen LogP contribution in [-0.4, -0.2) is 35.9 Å². The fourth-order valence-electron chi connectivity index (χ4n) is 1.66. The van der Waals surface area contributed by atoms with Crippen LogP contribution in [0.3, 0.4) is 0 Å².